The van der Waals surface area contributed by atoms with Crippen LogP contribution in [0, 0.1) is 0 Å². The Morgan fingerprint density at radius 3 is 2.14 bits per heavy atom. The van der Waals surface area contributed by atoms with Crippen LogP contribution in [0.1, 0.15) is 60.3 Å². The van der Waals surface area contributed by atoms with E-state index in [-0.39, 0.29) is 5.57 Å². The van der Waals surface area contributed by atoms with Gasteiger partial charge in [-0.05, 0) is 66.4 Å². The lowest BCUT2D eigenvalue weighted by Crippen LogP contribution is -2.16. The molecule has 124 valence electrons. The minimum Gasteiger partial charge on any atom is -0.429 e. The van der Waals surface area contributed by atoms with Crippen LogP contribution in [0.4, 0.5) is 0 Å². The Hall–Kier alpha value is -1.61. The van der Waals surface area contributed by atoms with Crippen molar-refractivity contribution in [3.8, 4) is 0 Å². The van der Waals surface area contributed by atoms with Gasteiger partial charge in [-0.1, -0.05) is 35.5 Å². The van der Waals surface area contributed by atoms with Crippen molar-refractivity contribution in [1.82, 2.24) is 0 Å². The SMILES string of the molecule is C=C(C)C(=O)OC(O)/C=C(\C)CC/C=C(\C)CCC=C(C)C. The lowest BCUT2D eigenvalue weighted by Gasteiger charge is -2.09. The Kier molecular flexibility index (Phi) is 10.2. The molecule has 0 fully saturated rings. The van der Waals surface area contributed by atoms with Crippen molar-refractivity contribution in [1.29, 1.82) is 0 Å². The first kappa shape index (κ1) is 20.4. The number of allylic oxidation sites excluding steroid dienone is 5. The van der Waals surface area contributed by atoms with E-state index in [0.29, 0.717) is 0 Å². The Morgan fingerprint density at radius 2 is 1.59 bits per heavy atom. The van der Waals surface area contributed by atoms with Crippen molar-refractivity contribution >= 4 is 5.97 Å². The maximum Gasteiger partial charge on any atom is 0.335 e. The number of carbonyl (C=O) groups excluding carboxylic acids is 1. The monoisotopic (exact) mass is 306 g/mol. The summed E-state index contributed by atoms with van der Waals surface area (Å²) in [4.78, 5) is 11.3. The van der Waals surface area contributed by atoms with Gasteiger partial charge in [-0.15, -0.1) is 0 Å². The van der Waals surface area contributed by atoms with Gasteiger partial charge in [-0.2, -0.15) is 0 Å². The fourth-order valence-electron chi connectivity index (χ4n) is 1.81. The normalized spacial score (nSPS) is 13.5. The first-order chi connectivity index (χ1) is 10.2. The standard InChI is InChI=1S/C19H30O3/c1-14(2)9-7-10-16(5)11-8-12-17(6)13-18(20)22-19(21)15(3)4/h9,11,13,18,20H,3,7-8,10,12H2,1-2,4-6H3/b16-11+,17-13+. The molecule has 3 heteroatoms. The average Bonchev–Trinajstić information content (AvgIpc) is 2.37. The molecular formula is C19H30O3. The van der Waals surface area contributed by atoms with Crippen molar-refractivity contribution in [2.75, 3.05) is 0 Å². The zero-order valence-corrected chi connectivity index (χ0v) is 14.6. The van der Waals surface area contributed by atoms with Crippen LogP contribution < -0.4 is 0 Å². The van der Waals surface area contributed by atoms with E-state index in [4.69, 9.17) is 4.74 Å². The maximum absolute atomic E-state index is 11.3. The number of hydrogen-bond acceptors (Lipinski definition) is 3. The second kappa shape index (κ2) is 11.0. The summed E-state index contributed by atoms with van der Waals surface area (Å²) in [6.07, 6.45) is 8.74. The lowest BCUT2D eigenvalue weighted by molar-refractivity contribution is -0.155. The summed E-state index contributed by atoms with van der Waals surface area (Å²) in [6, 6.07) is 0. The first-order valence-corrected chi connectivity index (χ1v) is 7.73. The second-order valence-electron chi connectivity index (χ2n) is 6.00. The third kappa shape index (κ3) is 11.1. The zero-order valence-electron chi connectivity index (χ0n) is 14.6. The van der Waals surface area contributed by atoms with Crippen LogP contribution in [0.3, 0.4) is 0 Å². The van der Waals surface area contributed by atoms with Crippen molar-refractivity contribution in [3.05, 3.63) is 47.1 Å². The summed E-state index contributed by atoms with van der Waals surface area (Å²) in [5.41, 5.74) is 4.00. The third-order valence-electron chi connectivity index (χ3n) is 3.13. The highest BCUT2D eigenvalue weighted by Crippen LogP contribution is 2.12. The molecule has 0 heterocycles. The van der Waals surface area contributed by atoms with Gasteiger partial charge in [-0.25, -0.2) is 4.79 Å². The average molecular weight is 306 g/mol. The molecule has 0 radical (unpaired) electrons. The van der Waals surface area contributed by atoms with Crippen molar-refractivity contribution < 1.29 is 14.6 Å². The van der Waals surface area contributed by atoms with Crippen LogP contribution in [-0.4, -0.2) is 17.4 Å². The van der Waals surface area contributed by atoms with E-state index < -0.39 is 12.3 Å². The smallest absolute Gasteiger partial charge is 0.335 e. The lowest BCUT2D eigenvalue weighted by atomic mass is 10.1. The molecule has 0 aliphatic heterocycles. The molecule has 1 N–H and O–H groups in total. The predicted octanol–water partition coefficient (Wildman–Crippen LogP) is 4.84. The van der Waals surface area contributed by atoms with E-state index in [9.17, 15) is 9.90 Å². The van der Waals surface area contributed by atoms with Gasteiger partial charge >= 0.3 is 5.97 Å². The highest BCUT2D eigenvalue weighted by molar-refractivity contribution is 5.87. The van der Waals surface area contributed by atoms with E-state index in [0.717, 1.165) is 31.3 Å². The Bertz CT molecular complexity index is 463. The fraction of sp³-hybridized carbons (Fsp3) is 0.526. The predicted molar refractivity (Wildman–Crippen MR) is 92.3 cm³/mol. The summed E-state index contributed by atoms with van der Waals surface area (Å²) in [5, 5.41) is 9.63. The van der Waals surface area contributed by atoms with Crippen LogP contribution in [0.15, 0.2) is 47.1 Å². The van der Waals surface area contributed by atoms with Gasteiger partial charge in [0.25, 0.3) is 0 Å². The van der Waals surface area contributed by atoms with E-state index in [1.165, 1.54) is 11.1 Å². The van der Waals surface area contributed by atoms with Gasteiger partial charge in [-0.3, -0.25) is 0 Å². The van der Waals surface area contributed by atoms with Gasteiger partial charge < -0.3 is 9.84 Å². The molecule has 0 amide bonds. The number of aliphatic hydroxyl groups is 1. The molecule has 0 aromatic carbocycles. The largest absolute Gasteiger partial charge is 0.429 e. The third-order valence-corrected chi connectivity index (χ3v) is 3.13. The molecule has 22 heavy (non-hydrogen) atoms. The molecule has 1 atom stereocenters. The Balaban J connectivity index is 4.18. The molecule has 0 aromatic heterocycles. The molecule has 0 aromatic rings. The zero-order chi connectivity index (χ0) is 17.1. The van der Waals surface area contributed by atoms with Gasteiger partial charge in [0, 0.05) is 5.57 Å². The van der Waals surface area contributed by atoms with Crippen molar-refractivity contribution in [2.45, 2.75) is 66.6 Å². The van der Waals surface area contributed by atoms with E-state index in [1.807, 2.05) is 6.92 Å². The molecule has 0 aliphatic rings. The second-order valence-corrected chi connectivity index (χ2v) is 6.00. The number of ether oxygens (including phenoxy) is 1. The minimum atomic E-state index is -1.20. The maximum atomic E-state index is 11.3. The molecule has 0 saturated carbocycles. The van der Waals surface area contributed by atoms with Crippen molar-refractivity contribution in [2.24, 2.45) is 0 Å². The summed E-state index contributed by atoms with van der Waals surface area (Å²) in [7, 11) is 0. The van der Waals surface area contributed by atoms with E-state index >= 15 is 0 Å². The van der Waals surface area contributed by atoms with Gasteiger partial charge in [0.2, 0.25) is 6.29 Å². The molecule has 0 aliphatic carbocycles. The van der Waals surface area contributed by atoms with Crippen LogP contribution in [-0.2, 0) is 9.53 Å². The summed E-state index contributed by atoms with van der Waals surface area (Å²) >= 11 is 0. The Labute approximate surface area is 135 Å². The highest BCUT2D eigenvalue weighted by atomic mass is 16.6. The molecule has 0 bridgehead atoms. The van der Waals surface area contributed by atoms with Crippen LogP contribution >= 0.6 is 0 Å². The molecular weight excluding hydrogens is 276 g/mol. The number of carbonyl (C=O) groups is 1. The molecule has 0 rings (SSSR count). The number of aliphatic hydroxyl groups excluding tert-OH is 1. The molecule has 1 unspecified atom stereocenters. The molecule has 0 saturated heterocycles. The summed E-state index contributed by atoms with van der Waals surface area (Å²) < 4.78 is 4.80. The van der Waals surface area contributed by atoms with Crippen LogP contribution in [0.2, 0.25) is 0 Å². The van der Waals surface area contributed by atoms with Gasteiger partial charge in [0.15, 0.2) is 0 Å². The topological polar surface area (TPSA) is 46.5 Å². The minimum absolute atomic E-state index is 0.278. The quantitative estimate of drug-likeness (QED) is 0.287. The van der Waals surface area contributed by atoms with Crippen LogP contribution in [0.25, 0.3) is 0 Å². The highest BCUT2D eigenvalue weighted by Gasteiger charge is 2.09. The number of esters is 1. The fourth-order valence-corrected chi connectivity index (χ4v) is 1.81. The molecule has 3 nitrogen and oxygen atoms in total. The van der Waals surface area contributed by atoms with E-state index in [2.05, 4.69) is 39.5 Å². The van der Waals surface area contributed by atoms with Gasteiger partial charge in [0.1, 0.15) is 0 Å². The van der Waals surface area contributed by atoms with Gasteiger partial charge in [0.05, 0.1) is 0 Å². The van der Waals surface area contributed by atoms with E-state index in [1.54, 1.807) is 13.0 Å². The molecule has 0 spiro atoms. The summed E-state index contributed by atoms with van der Waals surface area (Å²) in [5.74, 6) is -0.577. The van der Waals surface area contributed by atoms with Crippen molar-refractivity contribution in [3.63, 3.8) is 0 Å². The summed E-state index contributed by atoms with van der Waals surface area (Å²) in [6.45, 7) is 13.3. The van der Waals surface area contributed by atoms with Crippen LogP contribution in [0.5, 0.6) is 0 Å². The number of rotatable bonds is 9. The Morgan fingerprint density at radius 1 is 1.05 bits per heavy atom. The number of hydrogen-bond donors (Lipinski definition) is 1. The first-order valence-electron chi connectivity index (χ1n) is 7.73.